The summed E-state index contributed by atoms with van der Waals surface area (Å²) < 4.78 is 1.92. The number of aryl methyl sites for hydroxylation is 1. The highest BCUT2D eigenvalue weighted by Crippen LogP contribution is 2.33. The van der Waals surface area contributed by atoms with Crippen LogP contribution < -0.4 is 0 Å². The standard InChI is InChI=1S/C22H23ClN4/c1-13-19(27(5)26-20(13)22(2,3)4)21-24-17-11-10-14(12-18(17)25-21)15-8-6-7-9-16(15)23/h6-12H,1-5H3,(H,24,25). The van der Waals surface area contributed by atoms with Crippen LogP contribution in [0.1, 0.15) is 32.0 Å². The van der Waals surface area contributed by atoms with Gasteiger partial charge in [0.1, 0.15) is 5.69 Å². The number of halogens is 1. The molecule has 0 aliphatic rings. The first-order valence-electron chi connectivity index (χ1n) is 9.05. The first-order chi connectivity index (χ1) is 12.8. The molecule has 0 unspecified atom stereocenters. The lowest BCUT2D eigenvalue weighted by Gasteiger charge is -2.16. The average Bonchev–Trinajstić information content (AvgIpc) is 3.14. The van der Waals surface area contributed by atoms with Crippen molar-refractivity contribution in [1.29, 1.82) is 0 Å². The van der Waals surface area contributed by atoms with Crippen LogP contribution in [0.3, 0.4) is 0 Å². The van der Waals surface area contributed by atoms with E-state index in [1.807, 2.05) is 42.1 Å². The van der Waals surface area contributed by atoms with Gasteiger partial charge in [0.25, 0.3) is 0 Å². The zero-order valence-corrected chi connectivity index (χ0v) is 17.0. The Morgan fingerprint density at radius 1 is 1.07 bits per heavy atom. The van der Waals surface area contributed by atoms with E-state index in [-0.39, 0.29) is 5.41 Å². The van der Waals surface area contributed by atoms with Gasteiger partial charge < -0.3 is 4.98 Å². The van der Waals surface area contributed by atoms with Gasteiger partial charge in [-0.15, -0.1) is 0 Å². The predicted octanol–water partition coefficient (Wildman–Crippen LogP) is 5.89. The highest BCUT2D eigenvalue weighted by Gasteiger charge is 2.25. The topological polar surface area (TPSA) is 46.5 Å². The van der Waals surface area contributed by atoms with Crippen LogP contribution in [0.15, 0.2) is 42.5 Å². The van der Waals surface area contributed by atoms with Gasteiger partial charge in [-0.05, 0) is 30.7 Å². The number of aromatic nitrogens is 4. The number of fused-ring (bicyclic) bond motifs is 1. The molecule has 2 aromatic carbocycles. The molecule has 138 valence electrons. The lowest BCUT2D eigenvalue weighted by atomic mass is 9.89. The van der Waals surface area contributed by atoms with Gasteiger partial charge in [-0.1, -0.05) is 56.6 Å². The van der Waals surface area contributed by atoms with Gasteiger partial charge in [-0.2, -0.15) is 5.10 Å². The third-order valence-electron chi connectivity index (χ3n) is 4.89. The van der Waals surface area contributed by atoms with E-state index >= 15 is 0 Å². The van der Waals surface area contributed by atoms with Crippen LogP contribution in [-0.4, -0.2) is 19.7 Å². The summed E-state index contributed by atoms with van der Waals surface area (Å²) >= 11 is 6.36. The maximum Gasteiger partial charge on any atom is 0.157 e. The SMILES string of the molecule is Cc1c(C(C)(C)C)nn(C)c1-c1nc2ccc(-c3ccccc3Cl)cc2[nH]1. The van der Waals surface area contributed by atoms with Crippen LogP contribution in [0.5, 0.6) is 0 Å². The largest absolute Gasteiger partial charge is 0.337 e. The summed E-state index contributed by atoms with van der Waals surface area (Å²) in [5, 5.41) is 5.49. The monoisotopic (exact) mass is 378 g/mol. The summed E-state index contributed by atoms with van der Waals surface area (Å²) in [5.74, 6) is 0.837. The van der Waals surface area contributed by atoms with Crippen molar-refractivity contribution in [3.63, 3.8) is 0 Å². The minimum Gasteiger partial charge on any atom is -0.337 e. The van der Waals surface area contributed by atoms with Gasteiger partial charge in [0, 0.05) is 28.6 Å². The molecule has 0 saturated heterocycles. The first-order valence-corrected chi connectivity index (χ1v) is 9.42. The maximum absolute atomic E-state index is 6.36. The zero-order chi connectivity index (χ0) is 19.3. The Morgan fingerprint density at radius 2 is 1.81 bits per heavy atom. The molecule has 0 spiro atoms. The number of rotatable bonds is 2. The lowest BCUT2D eigenvalue weighted by Crippen LogP contribution is -2.13. The average molecular weight is 379 g/mol. The van der Waals surface area contributed by atoms with E-state index in [9.17, 15) is 0 Å². The molecule has 0 bridgehead atoms. The van der Waals surface area contributed by atoms with Gasteiger partial charge in [0.05, 0.1) is 16.7 Å². The fourth-order valence-corrected chi connectivity index (χ4v) is 3.90. The van der Waals surface area contributed by atoms with Crippen molar-refractivity contribution in [2.24, 2.45) is 7.05 Å². The fraction of sp³-hybridized carbons (Fsp3) is 0.273. The summed E-state index contributed by atoms with van der Waals surface area (Å²) in [4.78, 5) is 8.28. The second-order valence-electron chi connectivity index (χ2n) is 7.99. The van der Waals surface area contributed by atoms with Gasteiger partial charge >= 0.3 is 0 Å². The third-order valence-corrected chi connectivity index (χ3v) is 5.22. The molecule has 5 heteroatoms. The van der Waals surface area contributed by atoms with E-state index in [4.69, 9.17) is 21.7 Å². The number of hydrogen-bond acceptors (Lipinski definition) is 2. The molecule has 0 atom stereocenters. The molecule has 0 radical (unpaired) electrons. The smallest absolute Gasteiger partial charge is 0.157 e. The van der Waals surface area contributed by atoms with Crippen LogP contribution in [0.25, 0.3) is 33.7 Å². The van der Waals surface area contributed by atoms with E-state index in [0.29, 0.717) is 0 Å². The molecule has 4 aromatic rings. The maximum atomic E-state index is 6.36. The van der Waals surface area contributed by atoms with Crippen LogP contribution in [-0.2, 0) is 12.5 Å². The van der Waals surface area contributed by atoms with Crippen molar-refractivity contribution < 1.29 is 0 Å². The summed E-state index contributed by atoms with van der Waals surface area (Å²) in [6.45, 7) is 8.66. The van der Waals surface area contributed by atoms with Crippen molar-refractivity contribution in [3.8, 4) is 22.6 Å². The Morgan fingerprint density at radius 3 is 2.48 bits per heavy atom. The van der Waals surface area contributed by atoms with E-state index in [0.717, 1.165) is 50.0 Å². The second kappa shape index (κ2) is 6.24. The van der Waals surface area contributed by atoms with E-state index in [1.165, 1.54) is 0 Å². The van der Waals surface area contributed by atoms with Crippen LogP contribution in [0.4, 0.5) is 0 Å². The summed E-state index contributed by atoms with van der Waals surface area (Å²) in [6, 6.07) is 14.1. The number of benzene rings is 2. The van der Waals surface area contributed by atoms with Gasteiger partial charge in [-0.25, -0.2) is 4.98 Å². The van der Waals surface area contributed by atoms with Crippen LogP contribution in [0.2, 0.25) is 5.02 Å². The highest BCUT2D eigenvalue weighted by atomic mass is 35.5. The van der Waals surface area contributed by atoms with Crippen molar-refractivity contribution in [1.82, 2.24) is 19.7 Å². The van der Waals surface area contributed by atoms with Crippen molar-refractivity contribution in [2.45, 2.75) is 33.1 Å². The molecule has 2 heterocycles. The van der Waals surface area contributed by atoms with Gasteiger partial charge in [0.15, 0.2) is 5.82 Å². The molecular formula is C22H23ClN4. The number of nitrogens with zero attached hydrogens (tertiary/aromatic N) is 3. The zero-order valence-electron chi connectivity index (χ0n) is 16.3. The summed E-state index contributed by atoms with van der Waals surface area (Å²) in [7, 11) is 1.97. The Labute approximate surface area is 164 Å². The molecular weight excluding hydrogens is 356 g/mol. The van der Waals surface area contributed by atoms with Gasteiger partial charge in [-0.3, -0.25) is 4.68 Å². The van der Waals surface area contributed by atoms with Crippen molar-refractivity contribution in [3.05, 3.63) is 58.7 Å². The number of imidazole rings is 1. The lowest BCUT2D eigenvalue weighted by molar-refractivity contribution is 0.550. The van der Waals surface area contributed by atoms with Crippen LogP contribution >= 0.6 is 11.6 Å². The Hall–Kier alpha value is -2.59. The minimum absolute atomic E-state index is 0.0106. The Balaban J connectivity index is 1.84. The fourth-order valence-electron chi connectivity index (χ4n) is 3.66. The molecule has 0 fully saturated rings. The first kappa shape index (κ1) is 17.8. The summed E-state index contributed by atoms with van der Waals surface area (Å²) in [5.41, 5.74) is 7.27. The highest BCUT2D eigenvalue weighted by molar-refractivity contribution is 6.33. The number of aromatic amines is 1. The molecule has 4 rings (SSSR count). The van der Waals surface area contributed by atoms with E-state index in [1.54, 1.807) is 0 Å². The molecule has 0 saturated carbocycles. The quantitative estimate of drug-likeness (QED) is 0.472. The van der Waals surface area contributed by atoms with Crippen molar-refractivity contribution >= 4 is 22.6 Å². The van der Waals surface area contributed by atoms with Crippen molar-refractivity contribution in [2.75, 3.05) is 0 Å². The van der Waals surface area contributed by atoms with Crippen LogP contribution in [0, 0.1) is 6.92 Å². The number of H-pyrrole nitrogens is 1. The molecule has 0 aliphatic heterocycles. The molecule has 4 nitrogen and oxygen atoms in total. The molecule has 2 aromatic heterocycles. The molecule has 0 amide bonds. The van der Waals surface area contributed by atoms with E-state index < -0.39 is 0 Å². The summed E-state index contributed by atoms with van der Waals surface area (Å²) in [6.07, 6.45) is 0. The number of nitrogens with one attached hydrogen (secondary N) is 1. The Kier molecular flexibility index (Phi) is 4.11. The molecule has 1 N–H and O–H groups in total. The normalized spacial score (nSPS) is 12.1. The second-order valence-corrected chi connectivity index (χ2v) is 8.40. The molecule has 27 heavy (non-hydrogen) atoms. The Bertz CT molecular complexity index is 1150. The third kappa shape index (κ3) is 3.04. The molecule has 0 aliphatic carbocycles. The minimum atomic E-state index is -0.0106. The predicted molar refractivity (Wildman–Crippen MR) is 112 cm³/mol. The number of hydrogen-bond donors (Lipinski definition) is 1. The van der Waals surface area contributed by atoms with E-state index in [2.05, 4.69) is 44.8 Å². The van der Waals surface area contributed by atoms with Gasteiger partial charge in [0.2, 0.25) is 0 Å².